The zero-order chi connectivity index (χ0) is 25.3. The summed E-state index contributed by atoms with van der Waals surface area (Å²) in [5.74, 6) is 0.295. The summed E-state index contributed by atoms with van der Waals surface area (Å²) in [7, 11) is 0. The normalized spacial score (nSPS) is 16.2. The van der Waals surface area contributed by atoms with Crippen molar-refractivity contribution in [3.63, 3.8) is 0 Å². The first-order valence-corrected chi connectivity index (χ1v) is 11.7. The number of benzene rings is 2. The van der Waals surface area contributed by atoms with E-state index in [0.29, 0.717) is 28.5 Å². The minimum Gasteiger partial charge on any atom is -0.381 e. The van der Waals surface area contributed by atoms with Crippen molar-refractivity contribution >= 4 is 17.4 Å². The number of halogens is 3. The summed E-state index contributed by atoms with van der Waals surface area (Å²) in [5.41, 5.74) is 9.42. The Hall–Kier alpha value is -3.92. The number of imidazole rings is 1. The van der Waals surface area contributed by atoms with Crippen molar-refractivity contribution in [1.29, 1.82) is 0 Å². The maximum absolute atomic E-state index is 12.8. The fourth-order valence-electron chi connectivity index (χ4n) is 4.44. The molecule has 0 radical (unpaired) electrons. The van der Waals surface area contributed by atoms with E-state index in [1.807, 2.05) is 16.7 Å². The van der Waals surface area contributed by atoms with Crippen LogP contribution < -0.4 is 16.4 Å². The Morgan fingerprint density at radius 3 is 2.72 bits per heavy atom. The smallest absolute Gasteiger partial charge is 0.381 e. The first-order chi connectivity index (χ1) is 17.3. The molecule has 0 bridgehead atoms. The molecule has 5 rings (SSSR count). The molecule has 3 heterocycles. The van der Waals surface area contributed by atoms with Gasteiger partial charge in [0.05, 0.1) is 23.1 Å². The summed E-state index contributed by atoms with van der Waals surface area (Å²) in [6.07, 6.45) is 1.38. The molecule has 4 aromatic rings. The Morgan fingerprint density at radius 1 is 1.19 bits per heavy atom. The lowest BCUT2D eigenvalue weighted by atomic mass is 9.97. The summed E-state index contributed by atoms with van der Waals surface area (Å²) in [6, 6.07) is 11.8. The van der Waals surface area contributed by atoms with E-state index >= 15 is 0 Å². The highest BCUT2D eigenvalue weighted by Gasteiger charge is 2.30. The third kappa shape index (κ3) is 4.90. The number of carbonyl (C=O) groups is 1. The highest BCUT2D eigenvalue weighted by atomic mass is 19.4. The highest BCUT2D eigenvalue weighted by Crippen LogP contribution is 2.30. The second-order valence-electron chi connectivity index (χ2n) is 8.89. The lowest BCUT2D eigenvalue weighted by Gasteiger charge is -2.20. The van der Waals surface area contributed by atoms with Gasteiger partial charge in [-0.1, -0.05) is 24.3 Å². The van der Waals surface area contributed by atoms with Gasteiger partial charge in [0.15, 0.2) is 11.5 Å². The van der Waals surface area contributed by atoms with Crippen LogP contribution in [0.5, 0.6) is 0 Å². The Bertz CT molecular complexity index is 1390. The molecule has 1 saturated heterocycles. The molecule has 1 atom stereocenters. The Kier molecular flexibility index (Phi) is 6.36. The molecule has 2 aromatic carbocycles. The van der Waals surface area contributed by atoms with E-state index in [-0.39, 0.29) is 12.5 Å². The molecule has 36 heavy (non-hydrogen) atoms. The number of nitrogens with two attached hydrogens (primary N) is 1. The number of anilines is 1. The van der Waals surface area contributed by atoms with Crippen molar-refractivity contribution < 1.29 is 18.0 Å². The van der Waals surface area contributed by atoms with Crippen molar-refractivity contribution in [3.05, 3.63) is 83.3 Å². The highest BCUT2D eigenvalue weighted by molar-refractivity contribution is 5.95. The topological polar surface area (TPSA) is 97.3 Å². The Labute approximate surface area is 205 Å². The quantitative estimate of drug-likeness (QED) is 0.382. The number of hydrogen-bond acceptors (Lipinski definition) is 5. The fourth-order valence-corrected chi connectivity index (χ4v) is 4.44. The third-order valence-corrected chi connectivity index (χ3v) is 6.41. The average Bonchev–Trinajstić information content (AvgIpc) is 3.34. The van der Waals surface area contributed by atoms with Gasteiger partial charge in [-0.2, -0.15) is 13.2 Å². The maximum Gasteiger partial charge on any atom is 0.416 e. The predicted molar refractivity (Wildman–Crippen MR) is 130 cm³/mol. The van der Waals surface area contributed by atoms with Gasteiger partial charge in [0.2, 0.25) is 0 Å². The first-order valence-electron chi connectivity index (χ1n) is 11.7. The van der Waals surface area contributed by atoms with E-state index < -0.39 is 11.7 Å². The molecule has 1 amide bonds. The van der Waals surface area contributed by atoms with Crippen LogP contribution in [0.4, 0.5) is 19.0 Å². The van der Waals surface area contributed by atoms with Crippen LogP contribution in [-0.2, 0) is 12.7 Å². The number of piperidine rings is 1. The van der Waals surface area contributed by atoms with Crippen molar-refractivity contribution in [2.45, 2.75) is 31.5 Å². The summed E-state index contributed by atoms with van der Waals surface area (Å²) >= 11 is 0. The van der Waals surface area contributed by atoms with Gasteiger partial charge >= 0.3 is 6.18 Å². The van der Waals surface area contributed by atoms with Gasteiger partial charge in [-0.15, -0.1) is 0 Å². The third-order valence-electron chi connectivity index (χ3n) is 6.41. The maximum atomic E-state index is 12.8. The molecular weight excluding hydrogens is 469 g/mol. The summed E-state index contributed by atoms with van der Waals surface area (Å²) in [4.78, 5) is 21.9. The molecule has 0 saturated carbocycles. The molecule has 1 aliphatic rings. The lowest BCUT2D eigenvalue weighted by Crippen LogP contribution is -2.28. The van der Waals surface area contributed by atoms with Crippen LogP contribution in [0.25, 0.3) is 16.9 Å². The molecule has 2 aromatic heterocycles. The van der Waals surface area contributed by atoms with Crippen molar-refractivity contribution in [2.24, 2.45) is 0 Å². The van der Waals surface area contributed by atoms with Gasteiger partial charge in [-0.3, -0.25) is 9.20 Å². The molecule has 186 valence electrons. The lowest BCUT2D eigenvalue weighted by molar-refractivity contribution is -0.137. The second-order valence-corrected chi connectivity index (χ2v) is 8.89. The number of aromatic nitrogens is 3. The van der Waals surface area contributed by atoms with E-state index in [2.05, 4.69) is 15.6 Å². The zero-order valence-electron chi connectivity index (χ0n) is 19.3. The number of nitrogen functional groups attached to an aromatic ring is 1. The van der Waals surface area contributed by atoms with Gasteiger partial charge < -0.3 is 16.4 Å². The number of hydrogen-bond donors (Lipinski definition) is 3. The van der Waals surface area contributed by atoms with Crippen molar-refractivity contribution in [1.82, 2.24) is 25.0 Å². The summed E-state index contributed by atoms with van der Waals surface area (Å²) in [6.45, 7) is 1.98. The molecule has 1 fully saturated rings. The number of nitrogens with one attached hydrogen (secondary N) is 2. The molecular formula is C26H25F3N6O. The fraction of sp³-hybridized carbons (Fsp3) is 0.269. The number of amides is 1. The molecule has 0 spiro atoms. The van der Waals surface area contributed by atoms with Gasteiger partial charge in [-0.05, 0) is 49.2 Å². The first kappa shape index (κ1) is 23.8. The zero-order valence-corrected chi connectivity index (χ0v) is 19.3. The Balaban J connectivity index is 1.36. The van der Waals surface area contributed by atoms with Crippen LogP contribution in [0.1, 0.15) is 45.9 Å². The molecule has 7 nitrogen and oxygen atoms in total. The van der Waals surface area contributed by atoms with Crippen LogP contribution in [-0.4, -0.2) is 33.4 Å². The number of fused-ring (bicyclic) bond motifs is 1. The van der Waals surface area contributed by atoms with Gasteiger partial charge in [0.1, 0.15) is 0 Å². The van der Waals surface area contributed by atoms with Crippen molar-refractivity contribution in [3.8, 4) is 11.3 Å². The van der Waals surface area contributed by atoms with E-state index in [1.54, 1.807) is 24.4 Å². The number of nitrogens with zero attached hydrogens (tertiary/aromatic N) is 3. The van der Waals surface area contributed by atoms with E-state index in [9.17, 15) is 18.0 Å². The van der Waals surface area contributed by atoms with Crippen LogP contribution in [0, 0.1) is 0 Å². The SMILES string of the molecule is Nc1ncc(-c2cccc(C(=O)NCc3ccc(C(F)(F)F)cc3)c2)n2cc(C3CCCNC3)nc12. The van der Waals surface area contributed by atoms with Crippen LogP contribution in [0.15, 0.2) is 60.9 Å². The molecule has 1 unspecified atom stereocenters. The summed E-state index contributed by atoms with van der Waals surface area (Å²) < 4.78 is 40.2. The van der Waals surface area contributed by atoms with Crippen LogP contribution >= 0.6 is 0 Å². The van der Waals surface area contributed by atoms with E-state index in [0.717, 1.165) is 55.0 Å². The van der Waals surface area contributed by atoms with Crippen molar-refractivity contribution in [2.75, 3.05) is 18.8 Å². The standard InChI is InChI=1S/C26H25F3N6O/c27-26(28,29)20-8-6-16(7-9-20)12-33-25(36)18-4-1-3-17(11-18)22-14-32-23(30)24-34-21(15-35(22)24)19-5-2-10-31-13-19/h1,3-4,6-9,11,14-15,19,31H,2,5,10,12-13H2,(H2,30,32)(H,33,36). The van der Waals surface area contributed by atoms with E-state index in [1.165, 1.54) is 12.1 Å². The number of alkyl halides is 3. The minimum atomic E-state index is -4.39. The predicted octanol–water partition coefficient (Wildman–Crippen LogP) is 4.39. The largest absolute Gasteiger partial charge is 0.416 e. The molecule has 0 aliphatic carbocycles. The number of rotatable bonds is 5. The van der Waals surface area contributed by atoms with Gasteiger partial charge in [0.25, 0.3) is 5.91 Å². The monoisotopic (exact) mass is 494 g/mol. The summed E-state index contributed by atoms with van der Waals surface area (Å²) in [5, 5.41) is 6.16. The molecule has 1 aliphatic heterocycles. The van der Waals surface area contributed by atoms with Gasteiger partial charge in [-0.25, -0.2) is 9.97 Å². The van der Waals surface area contributed by atoms with Crippen LogP contribution in [0.2, 0.25) is 0 Å². The average molecular weight is 495 g/mol. The molecule has 10 heteroatoms. The second kappa shape index (κ2) is 9.62. The molecule has 4 N–H and O–H groups in total. The Morgan fingerprint density at radius 2 is 2.00 bits per heavy atom. The van der Waals surface area contributed by atoms with Crippen LogP contribution in [0.3, 0.4) is 0 Å². The van der Waals surface area contributed by atoms with Gasteiger partial charge in [0, 0.05) is 36.3 Å². The number of carbonyl (C=O) groups excluding carboxylic acids is 1. The van der Waals surface area contributed by atoms with E-state index in [4.69, 9.17) is 10.7 Å². The minimum absolute atomic E-state index is 0.106.